The van der Waals surface area contributed by atoms with Gasteiger partial charge >= 0.3 is 0 Å². The van der Waals surface area contributed by atoms with E-state index in [1.807, 2.05) is 32.0 Å². The highest BCUT2D eigenvalue weighted by Gasteiger charge is 2.20. The molecule has 1 rings (SSSR count). The van der Waals surface area contributed by atoms with Crippen molar-refractivity contribution in [2.24, 2.45) is 0 Å². The summed E-state index contributed by atoms with van der Waals surface area (Å²) in [5.41, 5.74) is 1.54. The minimum atomic E-state index is 0.0582. The first-order chi connectivity index (χ1) is 9.03. The summed E-state index contributed by atoms with van der Waals surface area (Å²) in [4.78, 5) is 18.6. The first kappa shape index (κ1) is 15.8. The van der Waals surface area contributed by atoms with Crippen LogP contribution in [0.3, 0.4) is 0 Å². The lowest BCUT2D eigenvalue weighted by atomic mass is 10.1. The molecule has 0 aliphatic rings. The standard InChI is InChI=1S/C14H23N3OS/c1-6-12(9-19-5)17(4)14(18)11-7-10(2)16-13(8-11)15-3/h7-8,12H,6,9H2,1-5H3,(H,15,16). The molecular weight excluding hydrogens is 258 g/mol. The molecule has 0 aliphatic heterocycles. The molecule has 4 nitrogen and oxygen atoms in total. The number of thioether (sulfide) groups is 1. The Balaban J connectivity index is 2.95. The zero-order valence-corrected chi connectivity index (χ0v) is 13.2. The fourth-order valence-corrected chi connectivity index (χ4v) is 2.83. The Morgan fingerprint density at radius 1 is 1.53 bits per heavy atom. The van der Waals surface area contributed by atoms with Gasteiger partial charge in [-0.05, 0) is 31.7 Å². The smallest absolute Gasteiger partial charge is 0.254 e. The van der Waals surface area contributed by atoms with E-state index in [1.165, 1.54) is 0 Å². The van der Waals surface area contributed by atoms with Crippen LogP contribution in [-0.4, -0.2) is 47.9 Å². The average Bonchev–Trinajstić information content (AvgIpc) is 2.42. The summed E-state index contributed by atoms with van der Waals surface area (Å²) in [6, 6.07) is 3.91. The van der Waals surface area contributed by atoms with Gasteiger partial charge in [-0.1, -0.05) is 6.92 Å². The number of hydrogen-bond donors (Lipinski definition) is 1. The maximum atomic E-state index is 12.5. The van der Waals surface area contributed by atoms with Gasteiger partial charge in [-0.15, -0.1) is 0 Å². The molecule has 1 aromatic rings. The molecular formula is C14H23N3OS. The second-order valence-electron chi connectivity index (χ2n) is 4.57. The van der Waals surface area contributed by atoms with E-state index in [9.17, 15) is 4.79 Å². The average molecular weight is 281 g/mol. The summed E-state index contributed by atoms with van der Waals surface area (Å²) in [7, 11) is 3.68. The van der Waals surface area contributed by atoms with E-state index in [0.29, 0.717) is 5.56 Å². The van der Waals surface area contributed by atoms with E-state index < -0.39 is 0 Å². The van der Waals surface area contributed by atoms with Crippen molar-refractivity contribution >= 4 is 23.5 Å². The van der Waals surface area contributed by atoms with Crippen LogP contribution >= 0.6 is 11.8 Å². The molecule has 1 atom stereocenters. The first-order valence-electron chi connectivity index (χ1n) is 6.46. The van der Waals surface area contributed by atoms with Gasteiger partial charge < -0.3 is 10.2 Å². The van der Waals surface area contributed by atoms with Crippen molar-refractivity contribution in [3.05, 3.63) is 23.4 Å². The van der Waals surface area contributed by atoms with Gasteiger partial charge in [0.25, 0.3) is 5.91 Å². The van der Waals surface area contributed by atoms with Gasteiger partial charge in [-0.25, -0.2) is 4.98 Å². The third-order valence-electron chi connectivity index (χ3n) is 3.15. The lowest BCUT2D eigenvalue weighted by molar-refractivity contribution is 0.0743. The number of pyridine rings is 1. The fourth-order valence-electron chi connectivity index (χ4n) is 1.99. The minimum Gasteiger partial charge on any atom is -0.373 e. The number of aryl methyl sites for hydroxylation is 1. The first-order valence-corrected chi connectivity index (χ1v) is 7.85. The minimum absolute atomic E-state index is 0.0582. The molecule has 19 heavy (non-hydrogen) atoms. The van der Waals surface area contributed by atoms with Crippen LogP contribution in [0.5, 0.6) is 0 Å². The molecule has 1 N–H and O–H groups in total. The molecule has 0 saturated heterocycles. The molecule has 5 heteroatoms. The summed E-state index contributed by atoms with van der Waals surface area (Å²) in [6.45, 7) is 4.01. The van der Waals surface area contributed by atoms with E-state index in [0.717, 1.165) is 23.7 Å². The fraction of sp³-hybridized carbons (Fsp3) is 0.571. The van der Waals surface area contributed by atoms with E-state index >= 15 is 0 Å². The predicted molar refractivity (Wildman–Crippen MR) is 83.1 cm³/mol. The quantitative estimate of drug-likeness (QED) is 0.870. The predicted octanol–water partition coefficient (Wildman–Crippen LogP) is 2.65. The topological polar surface area (TPSA) is 45.2 Å². The van der Waals surface area contributed by atoms with Crippen molar-refractivity contribution < 1.29 is 4.79 Å². The van der Waals surface area contributed by atoms with E-state index in [4.69, 9.17) is 0 Å². The molecule has 0 fully saturated rings. The van der Waals surface area contributed by atoms with Gasteiger partial charge in [0.05, 0.1) is 0 Å². The van der Waals surface area contributed by atoms with Crippen LogP contribution < -0.4 is 5.32 Å². The number of carbonyl (C=O) groups excluding carboxylic acids is 1. The summed E-state index contributed by atoms with van der Waals surface area (Å²) in [5, 5.41) is 2.98. The Bertz CT molecular complexity index is 437. The van der Waals surface area contributed by atoms with Crippen molar-refractivity contribution in [3.63, 3.8) is 0 Å². The van der Waals surface area contributed by atoms with Gasteiger partial charge in [0.1, 0.15) is 5.82 Å². The van der Waals surface area contributed by atoms with Crippen molar-refractivity contribution in [1.82, 2.24) is 9.88 Å². The number of aromatic nitrogens is 1. The molecule has 0 radical (unpaired) electrons. The van der Waals surface area contributed by atoms with Gasteiger partial charge in [0, 0.05) is 37.1 Å². The maximum absolute atomic E-state index is 12.5. The number of nitrogens with one attached hydrogen (secondary N) is 1. The molecule has 106 valence electrons. The summed E-state index contributed by atoms with van der Waals surface area (Å²) >= 11 is 1.77. The summed E-state index contributed by atoms with van der Waals surface area (Å²) in [6.07, 6.45) is 3.03. The molecule has 0 bridgehead atoms. The zero-order chi connectivity index (χ0) is 14.4. The van der Waals surface area contributed by atoms with Crippen LogP contribution in [0.1, 0.15) is 29.4 Å². The maximum Gasteiger partial charge on any atom is 0.254 e. The Morgan fingerprint density at radius 3 is 2.74 bits per heavy atom. The molecule has 0 spiro atoms. The molecule has 1 aromatic heterocycles. The van der Waals surface area contributed by atoms with E-state index in [1.54, 1.807) is 17.8 Å². The normalized spacial score (nSPS) is 12.1. The molecule has 1 unspecified atom stereocenters. The Kier molecular flexibility index (Phi) is 6.15. The van der Waals surface area contributed by atoms with Crippen molar-refractivity contribution in [2.75, 3.05) is 31.4 Å². The lowest BCUT2D eigenvalue weighted by Gasteiger charge is -2.27. The Labute approximate surface area is 120 Å². The second kappa shape index (κ2) is 7.38. The Hall–Kier alpha value is -1.23. The van der Waals surface area contributed by atoms with Crippen LogP contribution in [-0.2, 0) is 0 Å². The number of nitrogens with zero attached hydrogens (tertiary/aromatic N) is 2. The van der Waals surface area contributed by atoms with Crippen molar-refractivity contribution in [1.29, 1.82) is 0 Å². The third-order valence-corrected chi connectivity index (χ3v) is 3.87. The number of anilines is 1. The summed E-state index contributed by atoms with van der Waals surface area (Å²) < 4.78 is 0. The zero-order valence-electron chi connectivity index (χ0n) is 12.4. The van der Waals surface area contributed by atoms with Gasteiger partial charge in [-0.3, -0.25) is 4.79 Å². The Morgan fingerprint density at radius 2 is 2.21 bits per heavy atom. The monoisotopic (exact) mass is 281 g/mol. The molecule has 0 aromatic carbocycles. The SMILES string of the molecule is CCC(CSC)N(C)C(=O)c1cc(C)nc(NC)c1. The van der Waals surface area contributed by atoms with Crippen LogP contribution in [0, 0.1) is 6.92 Å². The van der Waals surface area contributed by atoms with Crippen LogP contribution in [0.25, 0.3) is 0 Å². The molecule has 1 heterocycles. The molecule has 1 amide bonds. The molecule has 0 saturated carbocycles. The van der Waals surface area contributed by atoms with Crippen LogP contribution in [0.2, 0.25) is 0 Å². The second-order valence-corrected chi connectivity index (χ2v) is 5.48. The van der Waals surface area contributed by atoms with E-state index in [-0.39, 0.29) is 11.9 Å². The summed E-state index contributed by atoms with van der Waals surface area (Å²) in [5.74, 6) is 1.75. The third kappa shape index (κ3) is 4.13. The highest BCUT2D eigenvalue weighted by molar-refractivity contribution is 7.98. The van der Waals surface area contributed by atoms with Crippen molar-refractivity contribution in [3.8, 4) is 0 Å². The van der Waals surface area contributed by atoms with E-state index in [2.05, 4.69) is 23.5 Å². The highest BCUT2D eigenvalue weighted by atomic mass is 32.2. The highest BCUT2D eigenvalue weighted by Crippen LogP contribution is 2.15. The largest absolute Gasteiger partial charge is 0.373 e. The number of amides is 1. The van der Waals surface area contributed by atoms with Crippen molar-refractivity contribution in [2.45, 2.75) is 26.3 Å². The molecule has 0 aliphatic carbocycles. The van der Waals surface area contributed by atoms with Gasteiger partial charge in [0.2, 0.25) is 0 Å². The van der Waals surface area contributed by atoms with Gasteiger partial charge in [0.15, 0.2) is 0 Å². The van der Waals surface area contributed by atoms with Gasteiger partial charge in [-0.2, -0.15) is 11.8 Å². The number of rotatable bonds is 6. The lowest BCUT2D eigenvalue weighted by Crippen LogP contribution is -2.38. The van der Waals surface area contributed by atoms with Crippen LogP contribution in [0.15, 0.2) is 12.1 Å². The number of hydrogen-bond acceptors (Lipinski definition) is 4. The van der Waals surface area contributed by atoms with Crippen LogP contribution in [0.4, 0.5) is 5.82 Å². The number of carbonyl (C=O) groups is 1.